The van der Waals surface area contributed by atoms with Gasteiger partial charge in [-0.1, -0.05) is 42.5 Å². The van der Waals surface area contributed by atoms with Gasteiger partial charge in [-0.05, 0) is 24.3 Å². The quantitative estimate of drug-likeness (QED) is 0.154. The van der Waals surface area contributed by atoms with Crippen molar-refractivity contribution in [1.29, 1.82) is 0 Å². The Kier molecular flexibility index (Phi) is 7.35. The van der Waals surface area contributed by atoms with Gasteiger partial charge in [0.05, 0.1) is 5.56 Å². The molecular weight excluding hydrogens is 465 g/mol. The average molecular weight is 478 g/mol. The van der Waals surface area contributed by atoms with Crippen molar-refractivity contribution in [2.75, 3.05) is 0 Å². The van der Waals surface area contributed by atoms with Gasteiger partial charge in [0.1, 0.15) is 0 Å². The predicted octanol–water partition coefficient (Wildman–Crippen LogP) is 8.09. The summed E-state index contributed by atoms with van der Waals surface area (Å²) in [7, 11) is -10.7. The fraction of sp³-hybridized carbons (Fsp3) is 0. The number of para-hydroxylation sites is 3. The van der Waals surface area contributed by atoms with Crippen LogP contribution in [0.25, 0.3) is 0 Å². The molecule has 0 saturated carbocycles. The monoisotopic (exact) mass is 478 g/mol. The van der Waals surface area contributed by atoms with Gasteiger partial charge < -0.3 is 9.47 Å². The summed E-state index contributed by atoms with van der Waals surface area (Å²) in [6.07, 6.45) is 10.8. The summed E-state index contributed by atoms with van der Waals surface area (Å²) in [6, 6.07) is 12.6. The van der Waals surface area contributed by atoms with Gasteiger partial charge in [-0.2, -0.15) is 0 Å². The van der Waals surface area contributed by atoms with Crippen LogP contribution in [0.15, 0.2) is 66.8 Å². The van der Waals surface area contributed by atoms with Crippen LogP contribution in [0.4, 0.5) is 25.2 Å². The second-order valence-corrected chi connectivity index (χ2v) is 7.28. The van der Waals surface area contributed by atoms with E-state index < -0.39 is 7.81 Å². The molecule has 29 heavy (non-hydrogen) atoms. The summed E-state index contributed by atoms with van der Waals surface area (Å²) in [5, 5.41) is 0. The van der Waals surface area contributed by atoms with Gasteiger partial charge in [0.25, 0.3) is 0 Å². The van der Waals surface area contributed by atoms with E-state index in [1.807, 2.05) is 48.9 Å². The van der Waals surface area contributed by atoms with E-state index in [1.165, 1.54) is 0 Å². The molecule has 11 heteroatoms. The van der Waals surface area contributed by atoms with Crippen LogP contribution < -0.4 is 9.47 Å². The molecule has 0 N–H and O–H groups in total. The molecule has 0 aromatic heterocycles. The number of halogens is 6. The summed E-state index contributed by atoms with van der Waals surface area (Å²) < 4.78 is 70.5. The molecule has 1 aliphatic heterocycles. The van der Waals surface area contributed by atoms with E-state index in [-0.39, 0.29) is 17.1 Å². The van der Waals surface area contributed by atoms with E-state index in [1.54, 1.807) is 24.3 Å². The number of carbonyl (C=O) groups is 1. The molecule has 1 aliphatic carbocycles. The van der Waals surface area contributed by atoms with Crippen molar-refractivity contribution < 1.29 is 56.5 Å². The van der Waals surface area contributed by atoms with Crippen LogP contribution >= 0.6 is 7.81 Å². The first kappa shape index (κ1) is 24.8. The molecule has 0 atom stereocenters. The summed E-state index contributed by atoms with van der Waals surface area (Å²) in [4.78, 5) is 10.9. The van der Waals surface area contributed by atoms with Crippen LogP contribution in [-0.4, -0.2) is 6.29 Å². The van der Waals surface area contributed by atoms with Crippen molar-refractivity contribution in [3.05, 3.63) is 78.8 Å². The third-order valence-corrected chi connectivity index (χ3v) is 2.97. The van der Waals surface area contributed by atoms with E-state index in [0.717, 1.165) is 6.29 Å². The van der Waals surface area contributed by atoms with Crippen molar-refractivity contribution in [2.24, 2.45) is 0 Å². The molecule has 1 heterocycles. The Balaban J connectivity index is 0.000000271. The number of benzene rings is 2. The van der Waals surface area contributed by atoms with Crippen molar-refractivity contribution in [1.82, 2.24) is 0 Å². The molecule has 0 amide bonds. The van der Waals surface area contributed by atoms with E-state index in [0.29, 0.717) is 28.6 Å². The molecule has 2 aromatic rings. The summed E-state index contributed by atoms with van der Waals surface area (Å²) >= 11 is 0. The number of hydrogen-bond acceptors (Lipinski definition) is 3. The molecule has 1 radical (unpaired) electrons. The molecule has 2 aromatic carbocycles. The molecule has 4 rings (SSSR count). The van der Waals surface area contributed by atoms with Crippen molar-refractivity contribution in [2.45, 2.75) is 0 Å². The smallest absolute Gasteiger partial charge is 0.180 e. The molecule has 0 bridgehead atoms. The van der Waals surface area contributed by atoms with Crippen molar-refractivity contribution >= 4 is 14.1 Å². The van der Waals surface area contributed by atoms with Crippen molar-refractivity contribution in [3.8, 4) is 23.0 Å². The number of hydrogen-bond donors (Lipinski definition) is 0. The summed E-state index contributed by atoms with van der Waals surface area (Å²) in [6.45, 7) is 0. The zero-order valence-corrected chi connectivity index (χ0v) is 16.3. The second-order valence-electron chi connectivity index (χ2n) is 5.36. The van der Waals surface area contributed by atoms with Gasteiger partial charge >= 0.3 is 33.0 Å². The second kappa shape index (κ2) is 8.61. The molecule has 2 aliphatic rings. The van der Waals surface area contributed by atoms with Crippen LogP contribution in [0.5, 0.6) is 23.0 Å². The van der Waals surface area contributed by atoms with Gasteiger partial charge in [0, 0.05) is 23.5 Å². The Morgan fingerprint density at radius 3 is 1.62 bits per heavy atom. The number of carbonyl (C=O) groups excluding carboxylic acids is 1. The fourth-order valence-corrected chi connectivity index (χ4v) is 1.98. The Morgan fingerprint density at radius 2 is 1.17 bits per heavy atom. The fourth-order valence-electron chi connectivity index (χ4n) is 1.98. The zero-order valence-electron chi connectivity index (χ0n) is 14.3. The van der Waals surface area contributed by atoms with Crippen molar-refractivity contribution in [3.63, 3.8) is 0 Å². The minimum Gasteiger partial charge on any atom is -0.449 e. The molecule has 0 saturated heterocycles. The van der Waals surface area contributed by atoms with Gasteiger partial charge in [-0.25, -0.2) is 0 Å². The Hall–Kier alpha value is -2.28. The first-order valence-corrected chi connectivity index (χ1v) is 9.62. The van der Waals surface area contributed by atoms with Crippen LogP contribution in [0.3, 0.4) is 0 Å². The number of fused-ring (bicyclic) bond motifs is 2. The maximum atomic E-state index is 10.9. The first-order valence-electron chi connectivity index (χ1n) is 7.59. The molecule has 3 nitrogen and oxygen atoms in total. The first-order chi connectivity index (χ1) is 12.8. The molecule has 159 valence electrons. The van der Waals surface area contributed by atoms with Gasteiger partial charge in [0.2, 0.25) is 0 Å². The molecule has 0 spiro atoms. The zero-order chi connectivity index (χ0) is 20.9. The van der Waals surface area contributed by atoms with Crippen LogP contribution in [0, 0.1) is 6.42 Å². The number of rotatable bonds is 1. The maximum absolute atomic E-state index is 10.9. The van der Waals surface area contributed by atoms with Crippen LogP contribution in [-0.2, 0) is 17.1 Å². The Morgan fingerprint density at radius 1 is 0.690 bits per heavy atom. The van der Waals surface area contributed by atoms with E-state index in [9.17, 15) is 30.0 Å². The molecule has 0 unspecified atom stereocenters. The number of aldehydes is 1. The normalized spacial score (nSPS) is 15.1. The van der Waals surface area contributed by atoms with E-state index in [4.69, 9.17) is 9.47 Å². The third kappa shape index (κ3) is 10.2. The predicted molar refractivity (Wildman–Crippen MR) is 94.6 cm³/mol. The number of ether oxygens (including phenoxy) is 2. The van der Waals surface area contributed by atoms with Crippen LogP contribution in [0.2, 0.25) is 0 Å². The maximum Gasteiger partial charge on any atom is 0.180 e. The van der Waals surface area contributed by atoms with Gasteiger partial charge in [0.15, 0.2) is 29.3 Å². The van der Waals surface area contributed by atoms with Crippen LogP contribution in [0.1, 0.15) is 10.4 Å². The van der Waals surface area contributed by atoms with E-state index >= 15 is 0 Å². The standard InChI is InChI=1S/C13H8O3.C5H5.F6P.Fe/c14-8-9-4-3-7-12-13(9)16-11-6-2-1-5-10(11)15-12;1-2-4-5-3-1;1-7(2,3,4,5)6;/h1-8H;1-5H;;/q;;-1;. The Labute approximate surface area is 172 Å². The average Bonchev–Trinajstić information content (AvgIpc) is 3.16. The van der Waals surface area contributed by atoms with Gasteiger partial charge in [-0.3, -0.25) is 4.79 Å². The molecule has 0 fully saturated rings. The van der Waals surface area contributed by atoms with E-state index in [2.05, 4.69) is 0 Å². The summed E-state index contributed by atoms with van der Waals surface area (Å²) in [5.74, 6) is 2.35. The Bertz CT molecular complexity index is 906. The number of allylic oxidation sites excluding steroid dienone is 4. The third-order valence-electron chi connectivity index (χ3n) is 2.97. The van der Waals surface area contributed by atoms with Gasteiger partial charge in [-0.15, -0.1) is 0 Å². The minimum absolute atomic E-state index is 0. The largest absolute Gasteiger partial charge is 0.449 e. The topological polar surface area (TPSA) is 35.5 Å². The molecular formula is C18H13F6FeO3P-. The minimum atomic E-state index is -10.7. The summed E-state index contributed by atoms with van der Waals surface area (Å²) in [5.41, 5.74) is 0.493. The SMILES string of the molecule is F[P-](F)(F)(F)(F)F.O=Cc1cccc2c1Oc1ccccc1O2.[CH]1C=CC=C1.[Fe].